The van der Waals surface area contributed by atoms with Crippen molar-refractivity contribution < 1.29 is 9.50 Å². The molecule has 0 aliphatic rings. The van der Waals surface area contributed by atoms with E-state index in [2.05, 4.69) is 5.10 Å². The van der Waals surface area contributed by atoms with Gasteiger partial charge in [0.25, 0.3) is 0 Å². The van der Waals surface area contributed by atoms with Crippen molar-refractivity contribution in [2.75, 3.05) is 6.67 Å². The molecule has 0 aliphatic carbocycles. The number of hydrogen-bond acceptors (Lipinski definition) is 2. The molecule has 11 heavy (non-hydrogen) atoms. The summed E-state index contributed by atoms with van der Waals surface area (Å²) in [5.74, 6) is 0. The first-order valence-corrected chi connectivity index (χ1v) is 3.55. The Morgan fingerprint density at radius 3 is 3.09 bits per heavy atom. The van der Waals surface area contributed by atoms with Gasteiger partial charge in [-0.3, -0.25) is 4.68 Å². The van der Waals surface area contributed by atoms with Crippen LogP contribution in [-0.4, -0.2) is 21.6 Å². The molecule has 0 fully saturated rings. The van der Waals surface area contributed by atoms with Crippen LogP contribution in [0.25, 0.3) is 0 Å². The number of aromatic nitrogens is 2. The minimum atomic E-state index is -1.03. The highest BCUT2D eigenvalue weighted by atomic mass is 19.1. The first-order valence-electron chi connectivity index (χ1n) is 3.55. The van der Waals surface area contributed by atoms with E-state index >= 15 is 0 Å². The van der Waals surface area contributed by atoms with Gasteiger partial charge in [0.2, 0.25) is 0 Å². The van der Waals surface area contributed by atoms with Crippen LogP contribution in [0, 0.1) is 0 Å². The fourth-order valence-electron chi connectivity index (χ4n) is 0.969. The van der Waals surface area contributed by atoms with Crippen molar-refractivity contribution in [1.82, 2.24) is 9.78 Å². The zero-order chi connectivity index (χ0) is 8.27. The highest BCUT2D eigenvalue weighted by Crippen LogP contribution is 2.11. The van der Waals surface area contributed by atoms with Gasteiger partial charge in [-0.2, -0.15) is 5.10 Å². The molecular formula is C7H11FN2O. The molecule has 4 heteroatoms. The minimum Gasteiger partial charge on any atom is -0.384 e. The molecule has 1 aromatic rings. The second kappa shape index (κ2) is 3.48. The van der Waals surface area contributed by atoms with Crippen LogP contribution in [0.3, 0.4) is 0 Å². The van der Waals surface area contributed by atoms with Crippen LogP contribution in [-0.2, 0) is 6.54 Å². The zero-order valence-corrected chi connectivity index (χ0v) is 6.37. The van der Waals surface area contributed by atoms with E-state index in [1.54, 1.807) is 16.9 Å². The lowest BCUT2D eigenvalue weighted by Crippen LogP contribution is -2.08. The van der Waals surface area contributed by atoms with Gasteiger partial charge in [0.15, 0.2) is 0 Å². The third-order valence-corrected chi connectivity index (χ3v) is 1.54. The number of aliphatic hydroxyl groups excluding tert-OH is 1. The van der Waals surface area contributed by atoms with Gasteiger partial charge in [0, 0.05) is 12.7 Å². The maximum absolute atomic E-state index is 12.0. The third-order valence-electron chi connectivity index (χ3n) is 1.54. The average Bonchev–Trinajstić information content (AvgIpc) is 2.50. The number of hydrogen-bond donors (Lipinski definition) is 1. The van der Waals surface area contributed by atoms with Gasteiger partial charge in [0.1, 0.15) is 12.8 Å². The summed E-state index contributed by atoms with van der Waals surface area (Å²) in [4.78, 5) is 0. The molecule has 1 heterocycles. The van der Waals surface area contributed by atoms with Crippen LogP contribution in [0.1, 0.15) is 18.7 Å². The standard InChI is InChI=1S/C7H11FN2O/c1-2-10-6(3-4-9-10)7(11)5-8/h3-4,7,11H,2,5H2,1H3. The maximum Gasteiger partial charge on any atom is 0.124 e. The Morgan fingerprint density at radius 2 is 2.55 bits per heavy atom. The van der Waals surface area contributed by atoms with Gasteiger partial charge in [0.05, 0.1) is 5.69 Å². The molecule has 3 nitrogen and oxygen atoms in total. The lowest BCUT2D eigenvalue weighted by Gasteiger charge is -2.07. The van der Waals surface area contributed by atoms with Crippen LogP contribution >= 0.6 is 0 Å². The van der Waals surface area contributed by atoms with Crippen molar-refractivity contribution in [3.63, 3.8) is 0 Å². The van der Waals surface area contributed by atoms with E-state index in [-0.39, 0.29) is 0 Å². The lowest BCUT2D eigenvalue weighted by molar-refractivity contribution is 0.132. The van der Waals surface area contributed by atoms with Gasteiger partial charge in [-0.25, -0.2) is 4.39 Å². The molecule has 0 aliphatic heterocycles. The monoisotopic (exact) mass is 158 g/mol. The summed E-state index contributed by atoms with van der Waals surface area (Å²) in [5, 5.41) is 13.0. The normalized spacial score (nSPS) is 13.4. The van der Waals surface area contributed by atoms with E-state index in [1.807, 2.05) is 6.92 Å². The van der Waals surface area contributed by atoms with E-state index in [0.717, 1.165) is 0 Å². The Hall–Kier alpha value is -0.900. The summed E-state index contributed by atoms with van der Waals surface area (Å²) in [6.45, 7) is 1.78. The number of rotatable bonds is 3. The van der Waals surface area contributed by atoms with Crippen LogP contribution in [0.4, 0.5) is 4.39 Å². The van der Waals surface area contributed by atoms with Crippen molar-refractivity contribution in [3.8, 4) is 0 Å². The first kappa shape index (κ1) is 8.20. The molecule has 62 valence electrons. The Morgan fingerprint density at radius 1 is 1.82 bits per heavy atom. The largest absolute Gasteiger partial charge is 0.384 e. The van der Waals surface area contributed by atoms with E-state index in [1.165, 1.54) is 0 Å². The lowest BCUT2D eigenvalue weighted by atomic mass is 10.3. The Bertz CT molecular complexity index is 224. The summed E-state index contributed by atoms with van der Waals surface area (Å²) in [6, 6.07) is 1.62. The topological polar surface area (TPSA) is 38.0 Å². The summed E-state index contributed by atoms with van der Waals surface area (Å²) < 4.78 is 13.5. The predicted octanol–water partition coefficient (Wildman–Crippen LogP) is 0.906. The number of aryl methyl sites for hydroxylation is 1. The van der Waals surface area contributed by atoms with Crippen molar-refractivity contribution in [3.05, 3.63) is 18.0 Å². The Balaban J connectivity index is 2.83. The molecular weight excluding hydrogens is 147 g/mol. The fourth-order valence-corrected chi connectivity index (χ4v) is 0.969. The zero-order valence-electron chi connectivity index (χ0n) is 6.37. The van der Waals surface area contributed by atoms with Crippen LogP contribution in [0.2, 0.25) is 0 Å². The van der Waals surface area contributed by atoms with E-state index in [4.69, 9.17) is 5.11 Å². The molecule has 1 aromatic heterocycles. The van der Waals surface area contributed by atoms with Crippen LogP contribution < -0.4 is 0 Å². The third kappa shape index (κ3) is 1.57. The van der Waals surface area contributed by atoms with E-state index < -0.39 is 12.8 Å². The summed E-state index contributed by atoms with van der Waals surface area (Å²) in [6.07, 6.45) is 0.523. The Labute approximate surface area is 64.5 Å². The summed E-state index contributed by atoms with van der Waals surface area (Å²) >= 11 is 0. The van der Waals surface area contributed by atoms with Crippen molar-refractivity contribution in [2.45, 2.75) is 19.6 Å². The molecule has 1 unspecified atom stereocenters. The van der Waals surface area contributed by atoms with E-state index in [0.29, 0.717) is 12.2 Å². The molecule has 0 aromatic carbocycles. The molecule has 0 radical (unpaired) electrons. The van der Waals surface area contributed by atoms with Gasteiger partial charge in [-0.15, -0.1) is 0 Å². The van der Waals surface area contributed by atoms with Crippen molar-refractivity contribution in [1.29, 1.82) is 0 Å². The number of alkyl halides is 1. The molecule has 1 atom stereocenters. The number of aliphatic hydroxyl groups is 1. The maximum atomic E-state index is 12.0. The Kier molecular flexibility index (Phi) is 2.59. The number of halogens is 1. The molecule has 1 N–H and O–H groups in total. The molecule has 0 bridgehead atoms. The second-order valence-corrected chi connectivity index (χ2v) is 2.24. The predicted molar refractivity (Wildman–Crippen MR) is 38.8 cm³/mol. The highest BCUT2D eigenvalue weighted by molar-refractivity contribution is 5.04. The number of nitrogens with zero attached hydrogens (tertiary/aromatic N) is 2. The summed E-state index contributed by atoms with van der Waals surface area (Å²) in [5.41, 5.74) is 0.537. The SMILES string of the molecule is CCn1nccc1C(O)CF. The molecule has 0 spiro atoms. The first-order chi connectivity index (χ1) is 5.29. The molecule has 0 amide bonds. The summed E-state index contributed by atoms with van der Waals surface area (Å²) in [7, 11) is 0. The highest BCUT2D eigenvalue weighted by Gasteiger charge is 2.10. The quantitative estimate of drug-likeness (QED) is 0.709. The minimum absolute atomic E-state index is 0.537. The molecule has 0 saturated carbocycles. The second-order valence-electron chi connectivity index (χ2n) is 2.24. The van der Waals surface area contributed by atoms with Crippen molar-refractivity contribution >= 4 is 0 Å². The van der Waals surface area contributed by atoms with Gasteiger partial charge < -0.3 is 5.11 Å². The fraction of sp³-hybridized carbons (Fsp3) is 0.571. The smallest absolute Gasteiger partial charge is 0.124 e. The molecule has 1 rings (SSSR count). The van der Waals surface area contributed by atoms with E-state index in [9.17, 15) is 4.39 Å². The van der Waals surface area contributed by atoms with Gasteiger partial charge in [-0.1, -0.05) is 0 Å². The van der Waals surface area contributed by atoms with Crippen molar-refractivity contribution in [2.24, 2.45) is 0 Å². The van der Waals surface area contributed by atoms with Gasteiger partial charge in [-0.05, 0) is 13.0 Å². The van der Waals surface area contributed by atoms with Gasteiger partial charge >= 0.3 is 0 Å². The van der Waals surface area contributed by atoms with Crippen LogP contribution in [0.15, 0.2) is 12.3 Å². The van der Waals surface area contributed by atoms with Crippen LogP contribution in [0.5, 0.6) is 0 Å². The molecule has 0 saturated heterocycles. The average molecular weight is 158 g/mol.